The van der Waals surface area contributed by atoms with Gasteiger partial charge in [0, 0.05) is 6.07 Å². The highest BCUT2D eigenvalue weighted by atomic mass is 32.2. The summed E-state index contributed by atoms with van der Waals surface area (Å²) in [5, 5.41) is 3.45. The lowest BCUT2D eigenvalue weighted by Gasteiger charge is -2.12. The van der Waals surface area contributed by atoms with Crippen LogP contribution in [-0.2, 0) is 4.79 Å². The largest absolute Gasteiger partial charge is 0.497 e. The number of methoxy groups -OCH3 is 2. The maximum Gasteiger partial charge on any atom is 0.280 e. The van der Waals surface area contributed by atoms with E-state index in [1.165, 1.54) is 7.11 Å². The molecule has 3 rings (SSSR count). The van der Waals surface area contributed by atoms with Crippen LogP contribution < -0.4 is 26.2 Å². The van der Waals surface area contributed by atoms with Gasteiger partial charge in [-0.25, -0.2) is 9.66 Å². The number of hydrogen-bond acceptors (Lipinski definition) is 7. The van der Waals surface area contributed by atoms with Gasteiger partial charge in [0.05, 0.1) is 36.6 Å². The Bertz CT molecular complexity index is 1050. The normalized spacial score (nSPS) is 10.6. The molecule has 0 unspecified atom stereocenters. The number of para-hydroxylation sites is 1. The number of nitrogens with one attached hydrogen (secondary N) is 1. The molecule has 0 saturated heterocycles. The smallest absolute Gasteiger partial charge is 0.280 e. The number of amides is 1. The molecule has 1 aromatic heterocycles. The van der Waals surface area contributed by atoms with Gasteiger partial charge in [-0.3, -0.25) is 9.59 Å². The van der Waals surface area contributed by atoms with E-state index in [1.807, 2.05) is 0 Å². The number of benzene rings is 2. The minimum absolute atomic E-state index is 0.0250. The van der Waals surface area contributed by atoms with E-state index in [0.717, 1.165) is 16.4 Å². The highest BCUT2D eigenvalue weighted by Crippen LogP contribution is 2.29. The quantitative estimate of drug-likeness (QED) is 0.378. The van der Waals surface area contributed by atoms with Crippen molar-refractivity contribution < 1.29 is 14.3 Å². The van der Waals surface area contributed by atoms with Gasteiger partial charge in [0.1, 0.15) is 11.5 Å². The average molecular weight is 386 g/mol. The van der Waals surface area contributed by atoms with Gasteiger partial charge in [-0.1, -0.05) is 23.9 Å². The van der Waals surface area contributed by atoms with Crippen LogP contribution in [0.25, 0.3) is 10.9 Å². The zero-order valence-corrected chi connectivity index (χ0v) is 15.6. The van der Waals surface area contributed by atoms with Crippen LogP contribution >= 0.6 is 11.8 Å². The summed E-state index contributed by atoms with van der Waals surface area (Å²) in [7, 11) is 3.05. The standard InChI is InChI=1S/C18H18N4O4S/c1-25-11-7-8-14(15(9-11)26-2)20-16(23)10-27-18-21-13-6-4-3-5-12(13)17(24)22(18)19/h3-9H,10,19H2,1-2H3,(H,20,23). The van der Waals surface area contributed by atoms with Crippen LogP contribution in [0.4, 0.5) is 5.69 Å². The molecule has 27 heavy (non-hydrogen) atoms. The number of rotatable bonds is 6. The molecule has 0 radical (unpaired) electrons. The lowest BCUT2D eigenvalue weighted by molar-refractivity contribution is -0.113. The number of ether oxygens (including phenoxy) is 2. The van der Waals surface area contributed by atoms with E-state index < -0.39 is 0 Å². The number of hydrogen-bond donors (Lipinski definition) is 2. The molecule has 140 valence electrons. The fourth-order valence-corrected chi connectivity index (χ4v) is 3.16. The second-order valence-corrected chi connectivity index (χ2v) is 6.43. The topological polar surface area (TPSA) is 108 Å². The van der Waals surface area contributed by atoms with Crippen molar-refractivity contribution in [2.45, 2.75) is 5.16 Å². The van der Waals surface area contributed by atoms with Crippen molar-refractivity contribution in [1.29, 1.82) is 0 Å². The van der Waals surface area contributed by atoms with Crippen molar-refractivity contribution in [2.24, 2.45) is 0 Å². The summed E-state index contributed by atoms with van der Waals surface area (Å²) < 4.78 is 11.3. The van der Waals surface area contributed by atoms with E-state index in [4.69, 9.17) is 15.3 Å². The highest BCUT2D eigenvalue weighted by molar-refractivity contribution is 7.99. The number of nitrogen functional groups attached to an aromatic ring is 1. The first-order chi connectivity index (χ1) is 13.0. The van der Waals surface area contributed by atoms with Gasteiger partial charge in [-0.05, 0) is 24.3 Å². The van der Waals surface area contributed by atoms with Crippen LogP contribution in [0.2, 0.25) is 0 Å². The fraction of sp³-hybridized carbons (Fsp3) is 0.167. The third kappa shape index (κ3) is 3.98. The van der Waals surface area contributed by atoms with Crippen molar-refractivity contribution in [3.8, 4) is 11.5 Å². The molecule has 2 aromatic carbocycles. The first kappa shape index (κ1) is 18.6. The molecule has 1 amide bonds. The lowest BCUT2D eigenvalue weighted by atomic mass is 10.2. The average Bonchev–Trinajstić information content (AvgIpc) is 2.70. The molecule has 0 spiro atoms. The van der Waals surface area contributed by atoms with Crippen molar-refractivity contribution in [3.05, 3.63) is 52.8 Å². The highest BCUT2D eigenvalue weighted by Gasteiger charge is 2.13. The summed E-state index contributed by atoms with van der Waals surface area (Å²) in [5.74, 6) is 6.66. The number of anilines is 1. The minimum Gasteiger partial charge on any atom is -0.497 e. The molecule has 0 aliphatic heterocycles. The summed E-state index contributed by atoms with van der Waals surface area (Å²) in [6.07, 6.45) is 0. The van der Waals surface area contributed by atoms with E-state index in [-0.39, 0.29) is 22.4 Å². The molecule has 0 saturated carbocycles. The summed E-state index contributed by atoms with van der Waals surface area (Å²) in [5.41, 5.74) is 0.685. The van der Waals surface area contributed by atoms with Gasteiger partial charge in [-0.15, -0.1) is 0 Å². The number of fused-ring (bicyclic) bond motifs is 1. The molecule has 9 heteroatoms. The zero-order chi connectivity index (χ0) is 19.4. The summed E-state index contributed by atoms with van der Waals surface area (Å²) in [4.78, 5) is 28.9. The molecule has 0 atom stereocenters. The second-order valence-electron chi connectivity index (χ2n) is 5.49. The van der Waals surface area contributed by atoms with Gasteiger partial charge in [-0.2, -0.15) is 0 Å². The van der Waals surface area contributed by atoms with E-state index in [9.17, 15) is 9.59 Å². The van der Waals surface area contributed by atoms with Gasteiger partial charge >= 0.3 is 0 Å². The Labute approximate surface area is 159 Å². The number of carbonyl (C=O) groups excluding carboxylic acids is 1. The van der Waals surface area contributed by atoms with E-state index in [1.54, 1.807) is 49.6 Å². The van der Waals surface area contributed by atoms with Crippen molar-refractivity contribution >= 4 is 34.3 Å². The molecule has 0 aliphatic carbocycles. The summed E-state index contributed by atoms with van der Waals surface area (Å²) in [6.45, 7) is 0. The predicted octanol–water partition coefficient (Wildman–Crippen LogP) is 1.86. The van der Waals surface area contributed by atoms with Crippen molar-refractivity contribution in [3.63, 3.8) is 0 Å². The third-order valence-electron chi connectivity index (χ3n) is 3.79. The first-order valence-electron chi connectivity index (χ1n) is 7.95. The Morgan fingerprint density at radius 2 is 2.00 bits per heavy atom. The van der Waals surface area contributed by atoms with Gasteiger partial charge in [0.2, 0.25) is 5.91 Å². The van der Waals surface area contributed by atoms with Gasteiger partial charge < -0.3 is 20.6 Å². The second kappa shape index (κ2) is 8.00. The Kier molecular flexibility index (Phi) is 5.51. The molecule has 3 aromatic rings. The number of thioether (sulfide) groups is 1. The monoisotopic (exact) mass is 386 g/mol. The molecule has 3 N–H and O–H groups in total. The Hall–Kier alpha value is -3.20. The number of nitrogens with zero attached hydrogens (tertiary/aromatic N) is 2. The Morgan fingerprint density at radius 1 is 1.22 bits per heavy atom. The van der Waals surface area contributed by atoms with Crippen LogP contribution in [0.15, 0.2) is 52.4 Å². The molecule has 0 aliphatic rings. The molecule has 8 nitrogen and oxygen atoms in total. The molecule has 0 fully saturated rings. The van der Waals surface area contributed by atoms with Crippen LogP contribution in [0.5, 0.6) is 11.5 Å². The van der Waals surface area contributed by atoms with E-state index >= 15 is 0 Å². The predicted molar refractivity (Wildman–Crippen MR) is 105 cm³/mol. The fourth-order valence-electron chi connectivity index (χ4n) is 2.45. The number of carbonyl (C=O) groups is 1. The van der Waals surface area contributed by atoms with E-state index in [0.29, 0.717) is 28.1 Å². The van der Waals surface area contributed by atoms with Gasteiger partial charge in [0.25, 0.3) is 5.56 Å². The summed E-state index contributed by atoms with van der Waals surface area (Å²) in [6, 6.07) is 12.0. The zero-order valence-electron chi connectivity index (χ0n) is 14.8. The van der Waals surface area contributed by atoms with Gasteiger partial charge in [0.15, 0.2) is 5.16 Å². The van der Waals surface area contributed by atoms with Crippen LogP contribution in [0, 0.1) is 0 Å². The lowest BCUT2D eigenvalue weighted by Crippen LogP contribution is -2.30. The van der Waals surface area contributed by atoms with Crippen molar-refractivity contribution in [2.75, 3.05) is 31.1 Å². The molecule has 0 bridgehead atoms. The number of nitrogens with two attached hydrogens (primary N) is 1. The molecular weight excluding hydrogens is 368 g/mol. The minimum atomic E-state index is -0.361. The maximum absolute atomic E-state index is 12.3. The summed E-state index contributed by atoms with van der Waals surface area (Å²) >= 11 is 1.07. The van der Waals surface area contributed by atoms with Crippen molar-refractivity contribution in [1.82, 2.24) is 9.66 Å². The van der Waals surface area contributed by atoms with Crippen LogP contribution in [0.3, 0.4) is 0 Å². The number of aromatic nitrogens is 2. The first-order valence-corrected chi connectivity index (χ1v) is 8.93. The van der Waals surface area contributed by atoms with Crippen LogP contribution in [-0.4, -0.2) is 35.5 Å². The maximum atomic E-state index is 12.3. The van der Waals surface area contributed by atoms with Crippen LogP contribution in [0.1, 0.15) is 0 Å². The Morgan fingerprint density at radius 3 is 2.74 bits per heavy atom. The van der Waals surface area contributed by atoms with E-state index in [2.05, 4.69) is 10.3 Å². The Balaban J connectivity index is 1.74. The molecule has 1 heterocycles. The SMILES string of the molecule is COc1ccc(NC(=O)CSc2nc3ccccc3c(=O)n2N)c(OC)c1. The third-order valence-corrected chi connectivity index (χ3v) is 4.74. The molecular formula is C18H18N4O4S.